The zero-order valence-corrected chi connectivity index (χ0v) is 16.8. The van der Waals surface area contributed by atoms with Gasteiger partial charge in [0.15, 0.2) is 5.76 Å². The summed E-state index contributed by atoms with van der Waals surface area (Å²) in [7, 11) is 0. The van der Waals surface area contributed by atoms with Crippen molar-refractivity contribution in [2.75, 3.05) is 18.0 Å². The van der Waals surface area contributed by atoms with Gasteiger partial charge in [-0.3, -0.25) is 9.59 Å². The van der Waals surface area contributed by atoms with E-state index in [1.54, 1.807) is 24.3 Å². The van der Waals surface area contributed by atoms with Gasteiger partial charge in [-0.25, -0.2) is 0 Å². The summed E-state index contributed by atoms with van der Waals surface area (Å²) in [5.41, 5.74) is 2.81. The van der Waals surface area contributed by atoms with E-state index in [1.807, 2.05) is 25.1 Å². The maximum absolute atomic E-state index is 12.4. The average Bonchev–Trinajstić information content (AvgIpc) is 2.97. The molecule has 0 saturated carbocycles. The molecule has 1 aliphatic rings. The maximum atomic E-state index is 12.4. The highest BCUT2D eigenvalue weighted by Crippen LogP contribution is 2.25. The van der Waals surface area contributed by atoms with Gasteiger partial charge in [0.25, 0.3) is 11.8 Å². The second kappa shape index (κ2) is 8.67. The van der Waals surface area contributed by atoms with E-state index in [0.717, 1.165) is 17.5 Å². The minimum atomic E-state index is -0.565. The molecule has 0 bridgehead atoms. The van der Waals surface area contributed by atoms with Gasteiger partial charge in [0.2, 0.25) is 0 Å². The van der Waals surface area contributed by atoms with Crippen LogP contribution >= 0.6 is 23.2 Å². The van der Waals surface area contributed by atoms with Crippen molar-refractivity contribution < 1.29 is 14.7 Å². The first-order valence-corrected chi connectivity index (χ1v) is 9.65. The van der Waals surface area contributed by atoms with Crippen LogP contribution in [0.15, 0.2) is 53.8 Å². The first-order valence-electron chi connectivity index (χ1n) is 8.89. The number of aliphatic hydroxyl groups excluding tert-OH is 1. The fourth-order valence-electron chi connectivity index (χ4n) is 2.97. The summed E-state index contributed by atoms with van der Waals surface area (Å²) >= 11 is 11.9. The molecular formula is C21H20Cl2N2O3. The molecule has 146 valence electrons. The van der Waals surface area contributed by atoms with E-state index in [9.17, 15) is 14.7 Å². The average molecular weight is 419 g/mol. The van der Waals surface area contributed by atoms with Crippen molar-refractivity contribution in [3.05, 3.63) is 75.0 Å². The monoisotopic (exact) mass is 418 g/mol. The Balaban J connectivity index is 1.54. The number of carbonyl (C=O) groups is 2. The number of halogens is 2. The third-order valence-corrected chi connectivity index (χ3v) is 5.32. The molecule has 0 radical (unpaired) electrons. The lowest BCUT2D eigenvalue weighted by Crippen LogP contribution is -2.30. The summed E-state index contributed by atoms with van der Waals surface area (Å²) in [6, 6.07) is 12.8. The molecular weight excluding hydrogens is 399 g/mol. The molecule has 0 aromatic heterocycles. The lowest BCUT2D eigenvalue weighted by Gasteiger charge is -2.16. The van der Waals surface area contributed by atoms with Crippen LogP contribution in [-0.2, 0) is 16.0 Å². The number of anilines is 1. The largest absolute Gasteiger partial charge is 0.503 e. The van der Waals surface area contributed by atoms with Gasteiger partial charge in [0.05, 0.1) is 22.2 Å². The summed E-state index contributed by atoms with van der Waals surface area (Å²) in [6.45, 7) is 2.41. The second-order valence-corrected chi connectivity index (χ2v) is 7.48. The number of amides is 2. The Kier molecular flexibility index (Phi) is 6.27. The van der Waals surface area contributed by atoms with Crippen LogP contribution in [0.25, 0.3) is 0 Å². The van der Waals surface area contributed by atoms with Gasteiger partial charge < -0.3 is 15.3 Å². The fraction of sp³-hybridized carbons (Fsp3) is 0.238. The molecule has 2 N–H and O–H groups in total. The highest BCUT2D eigenvalue weighted by molar-refractivity contribution is 6.42. The molecule has 3 rings (SSSR count). The topological polar surface area (TPSA) is 69.6 Å². The number of benzene rings is 2. The minimum Gasteiger partial charge on any atom is -0.503 e. The Morgan fingerprint density at radius 3 is 2.54 bits per heavy atom. The van der Waals surface area contributed by atoms with Crippen molar-refractivity contribution in [1.82, 2.24) is 5.32 Å². The SMILES string of the molecule is Cc1ccc(N2CC(C(=O)NCCCc3ccc(Cl)c(Cl)c3)=C(O)C2=O)cc1. The molecule has 0 aliphatic carbocycles. The van der Waals surface area contributed by atoms with Gasteiger partial charge in [-0.1, -0.05) is 47.0 Å². The molecule has 0 saturated heterocycles. The van der Waals surface area contributed by atoms with E-state index in [4.69, 9.17) is 23.2 Å². The number of carbonyl (C=O) groups excluding carboxylic acids is 2. The van der Waals surface area contributed by atoms with E-state index in [2.05, 4.69) is 5.32 Å². The molecule has 2 aromatic rings. The molecule has 0 fully saturated rings. The molecule has 1 aliphatic heterocycles. The van der Waals surface area contributed by atoms with Crippen LogP contribution < -0.4 is 10.2 Å². The second-order valence-electron chi connectivity index (χ2n) is 6.66. The molecule has 2 amide bonds. The molecule has 1 heterocycles. The Labute approximate surface area is 173 Å². The van der Waals surface area contributed by atoms with Gasteiger partial charge in [-0.2, -0.15) is 0 Å². The van der Waals surface area contributed by atoms with Crippen LogP contribution in [0.1, 0.15) is 17.5 Å². The van der Waals surface area contributed by atoms with Crippen molar-refractivity contribution in [1.29, 1.82) is 0 Å². The van der Waals surface area contributed by atoms with Gasteiger partial charge in [0.1, 0.15) is 0 Å². The normalized spacial score (nSPS) is 14.0. The van der Waals surface area contributed by atoms with E-state index in [1.165, 1.54) is 4.90 Å². The number of hydrogen-bond donors (Lipinski definition) is 2. The summed E-state index contributed by atoms with van der Waals surface area (Å²) in [6.07, 6.45) is 1.41. The smallest absolute Gasteiger partial charge is 0.293 e. The van der Waals surface area contributed by atoms with E-state index >= 15 is 0 Å². The predicted molar refractivity (Wildman–Crippen MR) is 111 cm³/mol. The highest BCUT2D eigenvalue weighted by Gasteiger charge is 2.34. The Hall–Kier alpha value is -2.50. The third kappa shape index (κ3) is 4.49. The van der Waals surface area contributed by atoms with Crippen molar-refractivity contribution in [3.8, 4) is 0 Å². The molecule has 5 nitrogen and oxygen atoms in total. The van der Waals surface area contributed by atoms with Crippen LogP contribution in [0.4, 0.5) is 5.69 Å². The highest BCUT2D eigenvalue weighted by atomic mass is 35.5. The third-order valence-electron chi connectivity index (χ3n) is 4.58. The van der Waals surface area contributed by atoms with Crippen molar-refractivity contribution in [3.63, 3.8) is 0 Å². The lowest BCUT2D eigenvalue weighted by molar-refractivity contribution is -0.119. The lowest BCUT2D eigenvalue weighted by atomic mass is 10.1. The van der Waals surface area contributed by atoms with Crippen LogP contribution in [0, 0.1) is 6.92 Å². The zero-order valence-electron chi connectivity index (χ0n) is 15.3. The summed E-state index contributed by atoms with van der Waals surface area (Å²) in [5, 5.41) is 13.9. The predicted octanol–water partition coefficient (Wildman–Crippen LogP) is 4.21. The number of rotatable bonds is 6. The van der Waals surface area contributed by atoms with E-state index in [0.29, 0.717) is 28.7 Å². The summed E-state index contributed by atoms with van der Waals surface area (Å²) in [4.78, 5) is 26.1. The molecule has 0 spiro atoms. The van der Waals surface area contributed by atoms with Gasteiger partial charge in [0, 0.05) is 12.2 Å². The molecule has 28 heavy (non-hydrogen) atoms. The van der Waals surface area contributed by atoms with Gasteiger partial charge in [-0.15, -0.1) is 0 Å². The quantitative estimate of drug-likeness (QED) is 0.690. The Morgan fingerprint density at radius 1 is 1.14 bits per heavy atom. The molecule has 2 aromatic carbocycles. The van der Waals surface area contributed by atoms with Crippen molar-refractivity contribution >= 4 is 40.7 Å². The first-order chi connectivity index (χ1) is 13.4. The van der Waals surface area contributed by atoms with E-state index < -0.39 is 17.6 Å². The first kappa shape index (κ1) is 20.2. The van der Waals surface area contributed by atoms with Crippen molar-refractivity contribution in [2.45, 2.75) is 19.8 Å². The van der Waals surface area contributed by atoms with Crippen LogP contribution in [0.2, 0.25) is 10.0 Å². The standard InChI is InChI=1S/C21H20Cl2N2O3/c1-13-4-7-15(8-5-13)25-12-16(19(26)21(25)28)20(27)24-10-2-3-14-6-9-17(22)18(23)11-14/h4-9,11,26H,2-3,10,12H2,1H3,(H,24,27). The molecule has 0 atom stereocenters. The van der Waals surface area contributed by atoms with Crippen LogP contribution in [-0.4, -0.2) is 30.0 Å². The maximum Gasteiger partial charge on any atom is 0.293 e. The number of nitrogens with zero attached hydrogens (tertiary/aromatic N) is 1. The molecule has 7 heteroatoms. The minimum absolute atomic E-state index is 0.0480. The zero-order chi connectivity index (χ0) is 20.3. The van der Waals surface area contributed by atoms with E-state index in [-0.39, 0.29) is 12.1 Å². The Bertz CT molecular complexity index is 939. The van der Waals surface area contributed by atoms with Gasteiger partial charge >= 0.3 is 0 Å². The Morgan fingerprint density at radius 2 is 1.86 bits per heavy atom. The van der Waals surface area contributed by atoms with Crippen molar-refractivity contribution in [2.24, 2.45) is 0 Å². The number of aliphatic hydroxyl groups is 1. The molecule has 0 unspecified atom stereocenters. The number of aryl methyl sites for hydroxylation is 2. The number of hydrogen-bond acceptors (Lipinski definition) is 3. The van der Waals surface area contributed by atoms with Crippen LogP contribution in [0.5, 0.6) is 0 Å². The summed E-state index contributed by atoms with van der Waals surface area (Å²) in [5.74, 6) is -1.50. The number of nitrogens with one attached hydrogen (secondary N) is 1. The van der Waals surface area contributed by atoms with Crippen LogP contribution in [0.3, 0.4) is 0 Å². The summed E-state index contributed by atoms with van der Waals surface area (Å²) < 4.78 is 0. The fourth-order valence-corrected chi connectivity index (χ4v) is 3.29. The van der Waals surface area contributed by atoms with Gasteiger partial charge in [-0.05, 0) is 49.6 Å².